The zero-order valence-electron chi connectivity index (χ0n) is 18.9. The summed E-state index contributed by atoms with van der Waals surface area (Å²) in [6.07, 6.45) is -1.97. The molecule has 1 aliphatic rings. The van der Waals surface area contributed by atoms with Crippen LogP contribution in [0.15, 0.2) is 29.5 Å². The van der Waals surface area contributed by atoms with Crippen LogP contribution in [0.5, 0.6) is 0 Å². The molecule has 0 aromatic carbocycles. The monoisotopic (exact) mass is 503 g/mol. The molecule has 0 unspecified atom stereocenters. The molecule has 0 spiro atoms. The average Bonchev–Trinajstić information content (AvgIpc) is 2.75. The molecule has 1 atom stereocenters. The van der Waals surface area contributed by atoms with E-state index in [0.717, 1.165) is 14.1 Å². The molecule has 3 amide bonds. The first-order valence-electron chi connectivity index (χ1n) is 10.2. The first kappa shape index (κ1) is 25.8. The topological polar surface area (TPSA) is 112 Å². The van der Waals surface area contributed by atoms with E-state index in [1.165, 1.54) is 24.2 Å². The second-order valence-electron chi connectivity index (χ2n) is 8.03. The Hall–Kier alpha value is -3.78. The van der Waals surface area contributed by atoms with Crippen LogP contribution in [0.4, 0.5) is 44.1 Å². The Morgan fingerprint density at radius 2 is 1.89 bits per heavy atom. The largest absolute Gasteiger partial charge is 0.417 e. The number of halogens is 5. The summed E-state index contributed by atoms with van der Waals surface area (Å²) in [5.41, 5.74) is -2.79. The molecule has 0 aliphatic carbocycles. The summed E-state index contributed by atoms with van der Waals surface area (Å²) in [5, 5.41) is 4.42. The zero-order valence-corrected chi connectivity index (χ0v) is 18.9. The van der Waals surface area contributed by atoms with Crippen LogP contribution in [-0.4, -0.2) is 63.5 Å². The second kappa shape index (κ2) is 9.46. The van der Waals surface area contributed by atoms with Gasteiger partial charge in [-0.15, -0.1) is 0 Å². The van der Waals surface area contributed by atoms with Crippen LogP contribution in [0.2, 0.25) is 0 Å². The minimum atomic E-state index is -4.78. The van der Waals surface area contributed by atoms with Crippen molar-refractivity contribution in [2.24, 2.45) is 7.05 Å². The highest BCUT2D eigenvalue weighted by Gasteiger charge is 2.48. The number of carbonyl (C=O) groups excluding carboxylic acids is 2. The molecule has 15 heteroatoms. The van der Waals surface area contributed by atoms with Gasteiger partial charge in [0, 0.05) is 33.8 Å². The lowest BCUT2D eigenvalue weighted by Crippen LogP contribution is -2.59. The summed E-state index contributed by atoms with van der Waals surface area (Å²) >= 11 is 0. The molecule has 190 valence electrons. The highest BCUT2D eigenvalue weighted by Crippen LogP contribution is 2.33. The van der Waals surface area contributed by atoms with Crippen LogP contribution in [-0.2, 0) is 18.0 Å². The number of carbonyl (C=O) groups is 2. The molecule has 1 fully saturated rings. The molecule has 3 heterocycles. The van der Waals surface area contributed by atoms with Crippen molar-refractivity contribution in [1.82, 2.24) is 19.4 Å². The Morgan fingerprint density at radius 1 is 1.20 bits per heavy atom. The fourth-order valence-corrected chi connectivity index (χ4v) is 3.63. The van der Waals surface area contributed by atoms with Gasteiger partial charge in [0.25, 0.3) is 11.5 Å². The maximum Gasteiger partial charge on any atom is 0.417 e. The lowest BCUT2D eigenvalue weighted by molar-refractivity contribution is -0.138. The van der Waals surface area contributed by atoms with Crippen molar-refractivity contribution in [3.63, 3.8) is 0 Å². The predicted octanol–water partition coefficient (Wildman–Crippen LogP) is 2.53. The standard InChI is InChI=1S/C20H22F5N7O3/c1-11(33)28-15-7-27-16(8-26-15)32-5-4-14(19(21,22)10-32)31(3)18(35)29-13-6-12(20(23,24)25)9-30(2)17(13)34/h6-9,14H,4-5,10H2,1-3H3,(H,29,35)(H,26,28,33)/t14-/m1/s1. The third-order valence-corrected chi connectivity index (χ3v) is 5.37. The molecular formula is C20H22F5N7O3. The number of pyridine rings is 1. The third-order valence-electron chi connectivity index (χ3n) is 5.37. The van der Waals surface area contributed by atoms with Gasteiger partial charge < -0.3 is 25.0 Å². The molecule has 0 radical (unpaired) electrons. The fourth-order valence-electron chi connectivity index (χ4n) is 3.63. The molecule has 2 aromatic rings. The van der Waals surface area contributed by atoms with E-state index in [-0.39, 0.29) is 30.5 Å². The Labute approximate surface area is 195 Å². The maximum atomic E-state index is 15.0. The predicted molar refractivity (Wildman–Crippen MR) is 115 cm³/mol. The van der Waals surface area contributed by atoms with Crippen molar-refractivity contribution in [2.45, 2.75) is 31.5 Å². The highest BCUT2D eigenvalue weighted by molar-refractivity contribution is 5.89. The van der Waals surface area contributed by atoms with Crippen molar-refractivity contribution in [3.8, 4) is 0 Å². The first-order valence-corrected chi connectivity index (χ1v) is 10.2. The summed E-state index contributed by atoms with van der Waals surface area (Å²) in [6, 6.07) is -2.29. The van der Waals surface area contributed by atoms with E-state index in [1.54, 1.807) is 0 Å². The van der Waals surface area contributed by atoms with Gasteiger partial charge in [0.1, 0.15) is 17.5 Å². The van der Waals surface area contributed by atoms with Gasteiger partial charge in [0.05, 0.1) is 24.5 Å². The average molecular weight is 503 g/mol. The van der Waals surface area contributed by atoms with Crippen molar-refractivity contribution in [1.29, 1.82) is 0 Å². The van der Waals surface area contributed by atoms with E-state index in [9.17, 15) is 36.3 Å². The number of nitrogens with zero attached hydrogens (tertiary/aromatic N) is 5. The van der Waals surface area contributed by atoms with E-state index in [2.05, 4.69) is 15.3 Å². The molecule has 35 heavy (non-hydrogen) atoms. The van der Waals surface area contributed by atoms with Crippen LogP contribution >= 0.6 is 0 Å². The maximum absolute atomic E-state index is 15.0. The number of amides is 3. The molecular weight excluding hydrogens is 481 g/mol. The number of anilines is 3. The number of rotatable bonds is 4. The van der Waals surface area contributed by atoms with Gasteiger partial charge in [-0.05, 0) is 12.5 Å². The summed E-state index contributed by atoms with van der Waals surface area (Å²) in [7, 11) is 2.15. The first-order chi connectivity index (χ1) is 16.2. The van der Waals surface area contributed by atoms with E-state index in [1.807, 2.05) is 5.32 Å². The smallest absolute Gasteiger partial charge is 0.349 e. The number of alkyl halides is 5. The van der Waals surface area contributed by atoms with Gasteiger partial charge in [0.2, 0.25) is 5.91 Å². The van der Waals surface area contributed by atoms with Gasteiger partial charge in [-0.1, -0.05) is 0 Å². The van der Waals surface area contributed by atoms with Gasteiger partial charge in [-0.3, -0.25) is 9.59 Å². The SMILES string of the molecule is CC(=O)Nc1cnc(N2CC[C@@H](N(C)C(=O)Nc3cc(C(F)(F)F)cn(C)c3=O)C(F)(F)C2)cn1. The van der Waals surface area contributed by atoms with Crippen LogP contribution in [0.25, 0.3) is 0 Å². The van der Waals surface area contributed by atoms with Crippen LogP contribution in [0.1, 0.15) is 18.9 Å². The highest BCUT2D eigenvalue weighted by atomic mass is 19.4. The fraction of sp³-hybridized carbons (Fsp3) is 0.450. The van der Waals surface area contributed by atoms with Crippen molar-refractivity contribution in [2.75, 3.05) is 35.7 Å². The van der Waals surface area contributed by atoms with Gasteiger partial charge in [-0.2, -0.15) is 13.2 Å². The van der Waals surface area contributed by atoms with E-state index in [4.69, 9.17) is 0 Å². The minimum Gasteiger partial charge on any atom is -0.349 e. The molecule has 0 saturated carbocycles. The summed E-state index contributed by atoms with van der Waals surface area (Å²) < 4.78 is 69.8. The number of aromatic nitrogens is 3. The van der Waals surface area contributed by atoms with Crippen molar-refractivity contribution >= 4 is 29.3 Å². The molecule has 0 bridgehead atoms. The normalized spacial score (nSPS) is 17.6. The zero-order chi connectivity index (χ0) is 26.1. The number of aryl methyl sites for hydroxylation is 1. The lowest BCUT2D eigenvalue weighted by atomic mass is 9.99. The molecule has 3 rings (SSSR count). The number of hydrogen-bond acceptors (Lipinski definition) is 6. The summed E-state index contributed by atoms with van der Waals surface area (Å²) in [6.45, 7) is 0.532. The third kappa shape index (κ3) is 5.84. The molecule has 1 aliphatic heterocycles. The van der Waals surface area contributed by atoms with Crippen LogP contribution < -0.4 is 21.1 Å². The number of nitrogens with one attached hydrogen (secondary N) is 2. The molecule has 10 nitrogen and oxygen atoms in total. The van der Waals surface area contributed by atoms with E-state index >= 15 is 0 Å². The van der Waals surface area contributed by atoms with Crippen molar-refractivity contribution < 1.29 is 31.5 Å². The number of hydrogen-bond donors (Lipinski definition) is 2. The Kier molecular flexibility index (Phi) is 6.98. The van der Waals surface area contributed by atoms with Crippen LogP contribution in [0.3, 0.4) is 0 Å². The molecule has 1 saturated heterocycles. The Bertz CT molecular complexity index is 1170. The van der Waals surface area contributed by atoms with Gasteiger partial charge in [-0.25, -0.2) is 23.5 Å². The van der Waals surface area contributed by atoms with E-state index in [0.29, 0.717) is 21.7 Å². The van der Waals surface area contributed by atoms with Gasteiger partial charge >= 0.3 is 12.2 Å². The Balaban J connectivity index is 1.72. The Morgan fingerprint density at radius 3 is 2.43 bits per heavy atom. The lowest BCUT2D eigenvalue weighted by Gasteiger charge is -2.42. The molecule has 2 N–H and O–H groups in total. The second-order valence-corrected chi connectivity index (χ2v) is 8.03. The van der Waals surface area contributed by atoms with Gasteiger partial charge in [0.15, 0.2) is 5.82 Å². The summed E-state index contributed by atoms with van der Waals surface area (Å²) in [4.78, 5) is 45.7. The van der Waals surface area contributed by atoms with Crippen molar-refractivity contribution in [3.05, 3.63) is 40.6 Å². The quantitative estimate of drug-likeness (QED) is 0.621. The minimum absolute atomic E-state index is 0.0668. The number of piperidine rings is 1. The summed E-state index contributed by atoms with van der Waals surface area (Å²) in [5.74, 6) is -3.51. The number of urea groups is 1. The molecule has 2 aromatic heterocycles. The van der Waals surface area contributed by atoms with E-state index < -0.39 is 47.5 Å². The van der Waals surface area contributed by atoms with Crippen LogP contribution in [0, 0.1) is 0 Å².